The molecule has 1 aromatic carbocycles. The highest BCUT2D eigenvalue weighted by Crippen LogP contribution is 2.35. The number of aryl methyl sites for hydroxylation is 1. The van der Waals surface area contributed by atoms with Crippen LogP contribution in [0.2, 0.25) is 0 Å². The lowest BCUT2D eigenvalue weighted by molar-refractivity contribution is -0.143. The second kappa shape index (κ2) is 10.7. The monoisotopic (exact) mass is 547 g/mol. The quantitative estimate of drug-likeness (QED) is 0.386. The van der Waals surface area contributed by atoms with Crippen LogP contribution in [0.25, 0.3) is 16.8 Å². The smallest absolute Gasteiger partial charge is 0.378 e. The van der Waals surface area contributed by atoms with Crippen molar-refractivity contribution in [3.05, 3.63) is 47.7 Å². The van der Waals surface area contributed by atoms with Gasteiger partial charge in [-0.1, -0.05) is 13.8 Å². The zero-order valence-corrected chi connectivity index (χ0v) is 22.3. The Morgan fingerprint density at radius 3 is 2.59 bits per heavy atom. The normalized spacial score (nSPS) is 18.4. The van der Waals surface area contributed by atoms with Gasteiger partial charge in [-0.05, 0) is 54.5 Å². The number of fused-ring (bicyclic) bond motifs is 1. The fourth-order valence-corrected chi connectivity index (χ4v) is 5.35. The van der Waals surface area contributed by atoms with E-state index in [1.54, 1.807) is 13.0 Å². The van der Waals surface area contributed by atoms with Crippen LogP contribution in [0.5, 0.6) is 0 Å². The standard InChI is InChI=1S/C28H33F4N5O2/c1-17(2)24-16-37-15-20(11-25(26(37)33-24)35-6-8-39-9-7-35)21-12-23(22(29)10-18(21)3)34-27(38)36-5-4-19(14-36)13-28(30,31)32/h10-12,15-17,19H,4-9,13-14H2,1-3H3,(H,34,38). The van der Waals surface area contributed by atoms with Gasteiger partial charge < -0.3 is 24.3 Å². The van der Waals surface area contributed by atoms with Crippen LogP contribution in [-0.2, 0) is 4.74 Å². The minimum atomic E-state index is -4.28. The number of nitrogens with one attached hydrogen (secondary N) is 1. The summed E-state index contributed by atoms with van der Waals surface area (Å²) >= 11 is 0. The number of pyridine rings is 1. The summed E-state index contributed by atoms with van der Waals surface area (Å²) in [5, 5.41) is 2.59. The highest BCUT2D eigenvalue weighted by atomic mass is 19.4. The largest absolute Gasteiger partial charge is 0.389 e. The predicted octanol–water partition coefficient (Wildman–Crippen LogP) is 6.22. The lowest BCUT2D eigenvalue weighted by Crippen LogP contribution is -2.36. The molecule has 39 heavy (non-hydrogen) atoms. The van der Waals surface area contributed by atoms with Crippen molar-refractivity contribution in [1.82, 2.24) is 14.3 Å². The Hall–Kier alpha value is -3.34. The molecule has 5 rings (SSSR count). The van der Waals surface area contributed by atoms with Gasteiger partial charge in [0, 0.05) is 50.6 Å². The number of imidazole rings is 1. The maximum atomic E-state index is 15.0. The first kappa shape index (κ1) is 27.2. The Morgan fingerprint density at radius 2 is 1.90 bits per heavy atom. The number of ether oxygens (including phenoxy) is 1. The molecule has 4 heterocycles. The van der Waals surface area contributed by atoms with E-state index in [9.17, 15) is 22.4 Å². The molecule has 0 bridgehead atoms. The molecule has 2 saturated heterocycles. The van der Waals surface area contributed by atoms with Crippen LogP contribution >= 0.6 is 0 Å². The van der Waals surface area contributed by atoms with Crippen LogP contribution in [0.15, 0.2) is 30.6 Å². The van der Waals surface area contributed by atoms with Gasteiger partial charge in [-0.2, -0.15) is 13.2 Å². The van der Waals surface area contributed by atoms with Gasteiger partial charge in [-0.25, -0.2) is 14.2 Å². The molecule has 2 aliphatic rings. The third kappa shape index (κ3) is 5.98. The van der Waals surface area contributed by atoms with Gasteiger partial charge in [-0.15, -0.1) is 0 Å². The molecular weight excluding hydrogens is 514 g/mol. The van der Waals surface area contributed by atoms with E-state index in [2.05, 4.69) is 24.1 Å². The average molecular weight is 548 g/mol. The molecule has 1 atom stereocenters. The van der Waals surface area contributed by atoms with Crippen molar-refractivity contribution in [1.29, 1.82) is 0 Å². The van der Waals surface area contributed by atoms with Crippen molar-refractivity contribution in [3.8, 4) is 11.1 Å². The fourth-order valence-electron chi connectivity index (χ4n) is 5.35. The van der Waals surface area contributed by atoms with Crippen molar-refractivity contribution in [3.63, 3.8) is 0 Å². The first-order chi connectivity index (χ1) is 18.5. The summed E-state index contributed by atoms with van der Waals surface area (Å²) in [5.74, 6) is -1.01. The first-order valence-electron chi connectivity index (χ1n) is 13.3. The maximum absolute atomic E-state index is 15.0. The van der Waals surface area contributed by atoms with Gasteiger partial charge >= 0.3 is 12.2 Å². The fraction of sp³-hybridized carbons (Fsp3) is 0.500. The molecule has 7 nitrogen and oxygen atoms in total. The zero-order chi connectivity index (χ0) is 27.9. The number of likely N-dealkylation sites (tertiary alicyclic amines) is 1. The van der Waals surface area contributed by atoms with E-state index in [0.29, 0.717) is 18.8 Å². The number of carbonyl (C=O) groups is 1. The van der Waals surface area contributed by atoms with E-state index in [1.165, 1.54) is 11.0 Å². The van der Waals surface area contributed by atoms with E-state index in [0.717, 1.165) is 41.2 Å². The second-order valence-corrected chi connectivity index (χ2v) is 10.8. The van der Waals surface area contributed by atoms with Crippen LogP contribution < -0.4 is 10.2 Å². The molecule has 11 heteroatoms. The van der Waals surface area contributed by atoms with E-state index >= 15 is 0 Å². The van der Waals surface area contributed by atoms with E-state index in [-0.39, 0.29) is 31.1 Å². The Balaban J connectivity index is 1.46. The highest BCUT2D eigenvalue weighted by molar-refractivity contribution is 5.91. The molecular formula is C28H33F4N5O2. The average Bonchev–Trinajstić information content (AvgIpc) is 3.52. The lowest BCUT2D eigenvalue weighted by atomic mass is 10.00. The number of amides is 2. The number of halogens is 4. The molecule has 2 fully saturated rings. The molecule has 2 aromatic heterocycles. The van der Waals surface area contributed by atoms with E-state index in [4.69, 9.17) is 9.72 Å². The zero-order valence-electron chi connectivity index (χ0n) is 22.3. The molecule has 3 aromatic rings. The summed E-state index contributed by atoms with van der Waals surface area (Å²) < 4.78 is 60.9. The van der Waals surface area contributed by atoms with Crippen LogP contribution in [0.4, 0.5) is 33.7 Å². The second-order valence-electron chi connectivity index (χ2n) is 10.8. The number of alkyl halides is 3. The SMILES string of the molecule is Cc1cc(F)c(NC(=O)N2CCC(CC(F)(F)F)C2)cc1-c1cc(N2CCOCC2)c2nc(C(C)C)cn2c1. The number of hydrogen-bond acceptors (Lipinski definition) is 4. The molecule has 1 unspecified atom stereocenters. The summed E-state index contributed by atoms with van der Waals surface area (Å²) in [5.41, 5.74) is 4.98. The van der Waals surface area contributed by atoms with Crippen LogP contribution in [0, 0.1) is 18.7 Å². The van der Waals surface area contributed by atoms with E-state index < -0.39 is 30.4 Å². The molecule has 210 valence electrons. The third-order valence-corrected chi connectivity index (χ3v) is 7.45. The molecule has 1 N–H and O–H groups in total. The van der Waals surface area contributed by atoms with Gasteiger partial charge in [0.25, 0.3) is 0 Å². The maximum Gasteiger partial charge on any atom is 0.389 e. The van der Waals surface area contributed by atoms with Crippen LogP contribution in [-0.4, -0.2) is 65.9 Å². The number of nitrogens with zero attached hydrogens (tertiary/aromatic N) is 4. The van der Waals surface area contributed by atoms with E-state index in [1.807, 2.05) is 22.9 Å². The number of carbonyl (C=O) groups excluding carboxylic acids is 1. The Morgan fingerprint density at radius 1 is 1.15 bits per heavy atom. The third-order valence-electron chi connectivity index (χ3n) is 7.45. The molecule has 0 aliphatic carbocycles. The number of rotatable bonds is 5. The van der Waals surface area contributed by atoms with Gasteiger partial charge in [0.2, 0.25) is 0 Å². The lowest BCUT2D eigenvalue weighted by Gasteiger charge is -2.29. The van der Waals surface area contributed by atoms with Gasteiger partial charge in [0.15, 0.2) is 5.65 Å². The predicted molar refractivity (Wildman–Crippen MR) is 142 cm³/mol. The van der Waals surface area contributed by atoms with Crippen molar-refractivity contribution in [2.24, 2.45) is 5.92 Å². The number of morpholine rings is 1. The van der Waals surface area contributed by atoms with Gasteiger partial charge in [-0.3, -0.25) is 0 Å². The summed E-state index contributed by atoms with van der Waals surface area (Å²) in [4.78, 5) is 21.3. The molecule has 2 amide bonds. The molecule has 0 radical (unpaired) electrons. The van der Waals surface area contributed by atoms with Crippen LogP contribution in [0.1, 0.15) is 43.9 Å². The van der Waals surface area contributed by atoms with Crippen molar-refractivity contribution < 1.29 is 27.1 Å². The Bertz CT molecular complexity index is 1360. The summed E-state index contributed by atoms with van der Waals surface area (Å²) in [6, 6.07) is 4.39. The molecule has 2 aliphatic heterocycles. The first-order valence-corrected chi connectivity index (χ1v) is 13.3. The van der Waals surface area contributed by atoms with Crippen molar-refractivity contribution in [2.75, 3.05) is 49.6 Å². The summed E-state index contributed by atoms with van der Waals surface area (Å²) in [6.45, 7) is 8.83. The Kier molecular flexibility index (Phi) is 7.45. The van der Waals surface area contributed by atoms with Crippen LogP contribution in [0.3, 0.4) is 0 Å². The number of hydrogen-bond donors (Lipinski definition) is 1. The van der Waals surface area contributed by atoms with Gasteiger partial charge in [0.05, 0.1) is 30.3 Å². The minimum absolute atomic E-state index is 0.00985. The number of urea groups is 1. The highest BCUT2D eigenvalue weighted by Gasteiger charge is 2.36. The van der Waals surface area contributed by atoms with Crippen molar-refractivity contribution in [2.45, 2.75) is 45.7 Å². The number of benzene rings is 1. The Labute approximate surface area is 224 Å². The number of aromatic nitrogens is 2. The molecule has 0 saturated carbocycles. The van der Waals surface area contributed by atoms with Crippen molar-refractivity contribution >= 4 is 23.1 Å². The van der Waals surface area contributed by atoms with Gasteiger partial charge in [0.1, 0.15) is 5.82 Å². The minimum Gasteiger partial charge on any atom is -0.378 e. The summed E-state index contributed by atoms with van der Waals surface area (Å²) in [6.07, 6.45) is -0.990. The topological polar surface area (TPSA) is 62.1 Å². The summed E-state index contributed by atoms with van der Waals surface area (Å²) in [7, 11) is 0. The number of anilines is 2. The molecule has 0 spiro atoms.